The molecule has 4 heteroatoms. The van der Waals surface area contributed by atoms with Gasteiger partial charge in [0.2, 0.25) is 5.91 Å². The molecule has 0 aromatic carbocycles. The van der Waals surface area contributed by atoms with Crippen LogP contribution in [-0.4, -0.2) is 43.5 Å². The fraction of sp³-hybridized carbons (Fsp3) is 0.923. The lowest BCUT2D eigenvalue weighted by Crippen LogP contribution is -2.41. The summed E-state index contributed by atoms with van der Waals surface area (Å²) in [6.07, 6.45) is 5.35. The van der Waals surface area contributed by atoms with Crippen molar-refractivity contribution in [1.82, 2.24) is 10.2 Å². The molecule has 0 saturated carbocycles. The van der Waals surface area contributed by atoms with Crippen molar-refractivity contribution in [3.05, 3.63) is 0 Å². The van der Waals surface area contributed by atoms with E-state index in [-0.39, 0.29) is 11.9 Å². The Bertz CT molecular complexity index is 225. The van der Waals surface area contributed by atoms with Crippen LogP contribution in [0.4, 0.5) is 0 Å². The van der Waals surface area contributed by atoms with Crippen molar-refractivity contribution in [2.24, 2.45) is 11.7 Å². The Morgan fingerprint density at radius 3 is 2.71 bits per heavy atom. The molecule has 1 atom stereocenters. The van der Waals surface area contributed by atoms with Crippen LogP contribution < -0.4 is 11.1 Å². The van der Waals surface area contributed by atoms with Gasteiger partial charge < -0.3 is 16.0 Å². The molecule has 0 aromatic rings. The SMILES string of the molecule is CCC[C@H](N)C(=O)NCCC1CCN(C)CC1. The third-order valence-corrected chi connectivity index (χ3v) is 3.63. The van der Waals surface area contributed by atoms with Crippen LogP contribution in [0.15, 0.2) is 0 Å². The number of carbonyl (C=O) groups is 1. The smallest absolute Gasteiger partial charge is 0.236 e. The lowest BCUT2D eigenvalue weighted by atomic mass is 9.94. The molecule has 1 aliphatic heterocycles. The maximum atomic E-state index is 11.6. The van der Waals surface area contributed by atoms with Gasteiger partial charge in [0.05, 0.1) is 6.04 Å². The number of hydrogen-bond donors (Lipinski definition) is 2. The van der Waals surface area contributed by atoms with Gasteiger partial charge in [0.1, 0.15) is 0 Å². The number of carbonyl (C=O) groups excluding carboxylic acids is 1. The Balaban J connectivity index is 2.09. The van der Waals surface area contributed by atoms with Gasteiger partial charge in [-0.1, -0.05) is 13.3 Å². The van der Waals surface area contributed by atoms with Gasteiger partial charge >= 0.3 is 0 Å². The normalized spacial score (nSPS) is 20.2. The first-order valence-electron chi connectivity index (χ1n) is 6.85. The van der Waals surface area contributed by atoms with Crippen molar-refractivity contribution in [3.8, 4) is 0 Å². The second-order valence-electron chi connectivity index (χ2n) is 5.22. The van der Waals surface area contributed by atoms with Crippen LogP contribution in [0.3, 0.4) is 0 Å². The van der Waals surface area contributed by atoms with Gasteiger partial charge in [0, 0.05) is 6.54 Å². The number of nitrogens with one attached hydrogen (secondary N) is 1. The quantitative estimate of drug-likeness (QED) is 0.728. The second-order valence-corrected chi connectivity index (χ2v) is 5.22. The van der Waals surface area contributed by atoms with E-state index in [2.05, 4.69) is 17.3 Å². The summed E-state index contributed by atoms with van der Waals surface area (Å²) in [6, 6.07) is -0.322. The fourth-order valence-corrected chi connectivity index (χ4v) is 2.32. The summed E-state index contributed by atoms with van der Waals surface area (Å²) in [5, 5.41) is 2.95. The lowest BCUT2D eigenvalue weighted by Gasteiger charge is -2.29. The Hall–Kier alpha value is -0.610. The number of piperidine rings is 1. The molecule has 1 aliphatic rings. The molecule has 4 nitrogen and oxygen atoms in total. The number of likely N-dealkylation sites (tertiary alicyclic amines) is 1. The molecule has 1 saturated heterocycles. The van der Waals surface area contributed by atoms with Crippen LogP contribution in [-0.2, 0) is 4.79 Å². The Morgan fingerprint density at radius 2 is 2.12 bits per heavy atom. The highest BCUT2D eigenvalue weighted by atomic mass is 16.2. The van der Waals surface area contributed by atoms with E-state index in [4.69, 9.17) is 5.73 Å². The molecule has 0 bridgehead atoms. The molecular formula is C13H27N3O. The summed E-state index contributed by atoms with van der Waals surface area (Å²) in [6.45, 7) is 5.21. The molecular weight excluding hydrogens is 214 g/mol. The molecule has 1 rings (SSSR count). The van der Waals surface area contributed by atoms with Crippen LogP contribution in [0, 0.1) is 5.92 Å². The molecule has 0 aliphatic carbocycles. The van der Waals surface area contributed by atoms with Crippen molar-refractivity contribution in [3.63, 3.8) is 0 Å². The van der Waals surface area contributed by atoms with E-state index in [1.807, 2.05) is 6.92 Å². The van der Waals surface area contributed by atoms with Crippen molar-refractivity contribution >= 4 is 5.91 Å². The molecule has 17 heavy (non-hydrogen) atoms. The zero-order valence-corrected chi connectivity index (χ0v) is 11.2. The molecule has 0 spiro atoms. The topological polar surface area (TPSA) is 58.4 Å². The van der Waals surface area contributed by atoms with E-state index < -0.39 is 0 Å². The highest BCUT2D eigenvalue weighted by molar-refractivity contribution is 5.81. The summed E-state index contributed by atoms with van der Waals surface area (Å²) in [7, 11) is 2.17. The monoisotopic (exact) mass is 241 g/mol. The summed E-state index contributed by atoms with van der Waals surface area (Å²) < 4.78 is 0. The fourth-order valence-electron chi connectivity index (χ4n) is 2.32. The van der Waals surface area contributed by atoms with Gasteiger partial charge in [-0.2, -0.15) is 0 Å². The molecule has 100 valence electrons. The van der Waals surface area contributed by atoms with Crippen LogP contribution in [0.2, 0.25) is 0 Å². The molecule has 3 N–H and O–H groups in total. The van der Waals surface area contributed by atoms with Crippen molar-refractivity contribution in [2.45, 2.75) is 45.1 Å². The zero-order valence-electron chi connectivity index (χ0n) is 11.2. The van der Waals surface area contributed by atoms with Gasteiger partial charge in [0.25, 0.3) is 0 Å². The number of amides is 1. The van der Waals surface area contributed by atoms with Crippen LogP contribution in [0.1, 0.15) is 39.0 Å². The van der Waals surface area contributed by atoms with Crippen LogP contribution in [0.5, 0.6) is 0 Å². The number of hydrogen-bond acceptors (Lipinski definition) is 3. The molecule has 0 radical (unpaired) electrons. The predicted molar refractivity (Wildman–Crippen MR) is 70.7 cm³/mol. The molecule has 0 aromatic heterocycles. The first kappa shape index (κ1) is 14.5. The van der Waals surface area contributed by atoms with E-state index in [1.165, 1.54) is 25.9 Å². The summed E-state index contributed by atoms with van der Waals surface area (Å²) in [5.41, 5.74) is 5.75. The standard InChI is InChI=1S/C13H27N3O/c1-3-4-12(14)13(17)15-8-5-11-6-9-16(2)10-7-11/h11-12H,3-10,14H2,1-2H3,(H,15,17)/t12-/m0/s1. The Labute approximate surface area is 105 Å². The second kappa shape index (κ2) is 7.67. The predicted octanol–water partition coefficient (Wildman–Crippen LogP) is 0.962. The molecule has 1 fully saturated rings. The average Bonchev–Trinajstić information content (AvgIpc) is 2.32. The van der Waals surface area contributed by atoms with Gasteiger partial charge in [-0.3, -0.25) is 4.79 Å². The molecule has 1 amide bonds. The third kappa shape index (κ3) is 5.50. The largest absolute Gasteiger partial charge is 0.355 e. The van der Waals surface area contributed by atoms with E-state index >= 15 is 0 Å². The maximum absolute atomic E-state index is 11.6. The van der Waals surface area contributed by atoms with Crippen LogP contribution in [0.25, 0.3) is 0 Å². The molecule has 0 unspecified atom stereocenters. The van der Waals surface area contributed by atoms with Gasteiger partial charge in [0.15, 0.2) is 0 Å². The number of rotatable bonds is 6. The highest BCUT2D eigenvalue weighted by Gasteiger charge is 2.17. The maximum Gasteiger partial charge on any atom is 0.236 e. The Kier molecular flexibility index (Phi) is 6.52. The van der Waals surface area contributed by atoms with E-state index in [1.54, 1.807) is 0 Å². The van der Waals surface area contributed by atoms with Gasteiger partial charge in [-0.05, 0) is 51.7 Å². The first-order valence-corrected chi connectivity index (χ1v) is 6.85. The van der Waals surface area contributed by atoms with Crippen molar-refractivity contribution < 1.29 is 4.79 Å². The Morgan fingerprint density at radius 1 is 1.47 bits per heavy atom. The zero-order chi connectivity index (χ0) is 12.7. The summed E-state index contributed by atoms with van der Waals surface area (Å²) in [5.74, 6) is 0.786. The minimum atomic E-state index is -0.322. The van der Waals surface area contributed by atoms with Crippen molar-refractivity contribution in [1.29, 1.82) is 0 Å². The van der Waals surface area contributed by atoms with Gasteiger partial charge in [-0.15, -0.1) is 0 Å². The number of nitrogens with zero attached hydrogens (tertiary/aromatic N) is 1. The minimum absolute atomic E-state index is 0.0137. The van der Waals surface area contributed by atoms with E-state index in [9.17, 15) is 4.79 Å². The number of nitrogens with two attached hydrogens (primary N) is 1. The van der Waals surface area contributed by atoms with Crippen molar-refractivity contribution in [2.75, 3.05) is 26.7 Å². The van der Waals surface area contributed by atoms with Crippen LogP contribution >= 0.6 is 0 Å². The first-order chi connectivity index (χ1) is 8.13. The minimum Gasteiger partial charge on any atom is -0.355 e. The third-order valence-electron chi connectivity index (χ3n) is 3.63. The highest BCUT2D eigenvalue weighted by Crippen LogP contribution is 2.18. The lowest BCUT2D eigenvalue weighted by molar-refractivity contribution is -0.122. The summed E-state index contributed by atoms with van der Waals surface area (Å²) in [4.78, 5) is 13.9. The molecule has 1 heterocycles. The summed E-state index contributed by atoms with van der Waals surface area (Å²) >= 11 is 0. The van der Waals surface area contributed by atoms with E-state index in [0.29, 0.717) is 0 Å². The average molecular weight is 241 g/mol. The van der Waals surface area contributed by atoms with Gasteiger partial charge in [-0.25, -0.2) is 0 Å². The van der Waals surface area contributed by atoms with E-state index in [0.717, 1.165) is 31.7 Å².